The van der Waals surface area contributed by atoms with E-state index in [1.165, 1.54) is 14.2 Å². The fourth-order valence-electron chi connectivity index (χ4n) is 1.73. The lowest BCUT2D eigenvalue weighted by atomic mass is 10.2. The molecular formula is C14H23NO4. The Balaban J connectivity index is 2.49. The molecule has 2 N–H and O–H groups in total. The maximum atomic E-state index is 9.80. The first kappa shape index (κ1) is 15.6. The number of phenols is 1. The van der Waals surface area contributed by atoms with Gasteiger partial charge < -0.3 is 24.6 Å². The van der Waals surface area contributed by atoms with E-state index >= 15 is 0 Å². The monoisotopic (exact) mass is 269 g/mol. The van der Waals surface area contributed by atoms with Crippen LogP contribution in [0.3, 0.4) is 0 Å². The van der Waals surface area contributed by atoms with E-state index in [-0.39, 0.29) is 5.75 Å². The third-order valence-corrected chi connectivity index (χ3v) is 2.72. The number of methoxy groups -OCH3 is 2. The van der Waals surface area contributed by atoms with Crippen molar-refractivity contribution in [1.29, 1.82) is 0 Å². The fourth-order valence-corrected chi connectivity index (χ4v) is 1.73. The number of hydrogen-bond acceptors (Lipinski definition) is 5. The molecule has 0 saturated heterocycles. The molecular weight excluding hydrogens is 246 g/mol. The Morgan fingerprint density at radius 2 is 1.79 bits per heavy atom. The minimum absolute atomic E-state index is 0.0325. The summed E-state index contributed by atoms with van der Waals surface area (Å²) in [5.41, 5.74) is 1.00. The van der Waals surface area contributed by atoms with Crippen LogP contribution in [0, 0.1) is 0 Å². The molecule has 0 saturated carbocycles. The summed E-state index contributed by atoms with van der Waals surface area (Å²) in [6.45, 7) is 5.09. The van der Waals surface area contributed by atoms with Crippen LogP contribution in [0.25, 0.3) is 0 Å². The van der Waals surface area contributed by atoms with E-state index in [1.54, 1.807) is 12.1 Å². The lowest BCUT2D eigenvalue weighted by Crippen LogP contribution is -2.16. The van der Waals surface area contributed by atoms with Gasteiger partial charge in [-0.3, -0.25) is 0 Å². The van der Waals surface area contributed by atoms with Crippen LogP contribution in [0.1, 0.15) is 18.9 Å². The standard InChI is InChI=1S/C14H23NO4/c1-4-19-7-5-6-15-10-11-8-12(17-2)14(16)13(9-11)18-3/h8-9,15-16H,4-7,10H2,1-3H3. The number of phenolic OH excluding ortho intramolecular Hbond substituents is 1. The minimum atomic E-state index is 0.0325. The summed E-state index contributed by atoms with van der Waals surface area (Å²) in [6.07, 6.45) is 0.972. The third-order valence-electron chi connectivity index (χ3n) is 2.72. The molecule has 5 heteroatoms. The molecule has 0 aliphatic carbocycles. The first-order valence-electron chi connectivity index (χ1n) is 6.45. The summed E-state index contributed by atoms with van der Waals surface area (Å²) in [5, 5.41) is 13.1. The quantitative estimate of drug-likeness (QED) is 0.671. The second kappa shape index (κ2) is 8.61. The largest absolute Gasteiger partial charge is 0.502 e. The first-order valence-corrected chi connectivity index (χ1v) is 6.45. The lowest BCUT2D eigenvalue weighted by Gasteiger charge is -2.12. The molecule has 5 nitrogen and oxygen atoms in total. The molecule has 0 fully saturated rings. The van der Waals surface area contributed by atoms with Crippen LogP contribution in [-0.4, -0.2) is 39.1 Å². The van der Waals surface area contributed by atoms with Crippen LogP contribution in [0.5, 0.6) is 17.2 Å². The molecule has 0 spiro atoms. The Morgan fingerprint density at radius 3 is 2.32 bits per heavy atom. The van der Waals surface area contributed by atoms with Gasteiger partial charge in [0.25, 0.3) is 0 Å². The highest BCUT2D eigenvalue weighted by Crippen LogP contribution is 2.36. The Hall–Kier alpha value is -1.46. The molecule has 0 radical (unpaired) electrons. The zero-order valence-electron chi connectivity index (χ0n) is 11.9. The maximum Gasteiger partial charge on any atom is 0.200 e. The van der Waals surface area contributed by atoms with Gasteiger partial charge in [0.15, 0.2) is 11.5 Å². The van der Waals surface area contributed by atoms with Crippen LogP contribution in [0.2, 0.25) is 0 Å². The van der Waals surface area contributed by atoms with Gasteiger partial charge in [0.2, 0.25) is 5.75 Å². The van der Waals surface area contributed by atoms with Crippen molar-refractivity contribution < 1.29 is 19.3 Å². The van der Waals surface area contributed by atoms with Crippen molar-refractivity contribution in [3.05, 3.63) is 17.7 Å². The molecule has 1 aromatic rings. The van der Waals surface area contributed by atoms with Gasteiger partial charge in [0, 0.05) is 19.8 Å². The van der Waals surface area contributed by atoms with Gasteiger partial charge >= 0.3 is 0 Å². The van der Waals surface area contributed by atoms with Gasteiger partial charge in [0.1, 0.15) is 0 Å². The Morgan fingerprint density at radius 1 is 1.16 bits per heavy atom. The van der Waals surface area contributed by atoms with E-state index in [1.807, 2.05) is 6.92 Å². The van der Waals surface area contributed by atoms with Gasteiger partial charge in [-0.25, -0.2) is 0 Å². The van der Waals surface area contributed by atoms with Crippen LogP contribution in [0.15, 0.2) is 12.1 Å². The summed E-state index contributed by atoms with van der Waals surface area (Å²) in [4.78, 5) is 0. The first-order chi connectivity index (χ1) is 9.22. The molecule has 0 amide bonds. The van der Waals surface area contributed by atoms with Gasteiger partial charge in [-0.2, -0.15) is 0 Å². The van der Waals surface area contributed by atoms with Crippen molar-refractivity contribution >= 4 is 0 Å². The van der Waals surface area contributed by atoms with Crippen molar-refractivity contribution in [2.45, 2.75) is 19.9 Å². The fraction of sp³-hybridized carbons (Fsp3) is 0.571. The predicted molar refractivity (Wildman–Crippen MR) is 74.0 cm³/mol. The molecule has 0 aromatic heterocycles. The van der Waals surface area contributed by atoms with E-state index in [2.05, 4.69) is 5.32 Å². The third kappa shape index (κ3) is 4.96. The molecule has 1 aromatic carbocycles. The number of rotatable bonds is 9. The maximum absolute atomic E-state index is 9.80. The van der Waals surface area contributed by atoms with Crippen LogP contribution in [-0.2, 0) is 11.3 Å². The second-order valence-electron chi connectivity index (χ2n) is 4.08. The van der Waals surface area contributed by atoms with Gasteiger partial charge in [0.05, 0.1) is 14.2 Å². The minimum Gasteiger partial charge on any atom is -0.502 e. The molecule has 0 aliphatic heterocycles. The van der Waals surface area contributed by atoms with Crippen LogP contribution < -0.4 is 14.8 Å². The number of aromatic hydroxyl groups is 1. The lowest BCUT2D eigenvalue weighted by molar-refractivity contribution is 0.144. The summed E-state index contributed by atoms with van der Waals surface area (Å²) < 4.78 is 15.5. The molecule has 1 rings (SSSR count). The molecule has 0 heterocycles. The summed E-state index contributed by atoms with van der Waals surface area (Å²) >= 11 is 0. The van der Waals surface area contributed by atoms with Crippen molar-refractivity contribution in [3.8, 4) is 17.2 Å². The average Bonchev–Trinajstić information content (AvgIpc) is 2.44. The highest BCUT2D eigenvalue weighted by molar-refractivity contribution is 5.52. The predicted octanol–water partition coefficient (Wildman–Crippen LogP) is 1.93. The average molecular weight is 269 g/mol. The Kier molecular flexibility index (Phi) is 7.07. The highest BCUT2D eigenvalue weighted by atomic mass is 16.5. The Bertz CT molecular complexity index is 357. The molecule has 0 bridgehead atoms. The van der Waals surface area contributed by atoms with E-state index < -0.39 is 0 Å². The second-order valence-corrected chi connectivity index (χ2v) is 4.08. The topological polar surface area (TPSA) is 60.0 Å². The summed E-state index contributed by atoms with van der Waals surface area (Å²) in [6, 6.07) is 3.60. The molecule has 19 heavy (non-hydrogen) atoms. The summed E-state index contributed by atoms with van der Waals surface area (Å²) in [5.74, 6) is 0.876. The normalized spacial score (nSPS) is 10.5. The number of nitrogens with one attached hydrogen (secondary N) is 1. The molecule has 108 valence electrons. The molecule has 0 aliphatic rings. The van der Waals surface area contributed by atoms with Gasteiger partial charge in [-0.05, 0) is 37.6 Å². The smallest absolute Gasteiger partial charge is 0.200 e. The zero-order chi connectivity index (χ0) is 14.1. The van der Waals surface area contributed by atoms with E-state index in [9.17, 15) is 5.11 Å². The zero-order valence-corrected chi connectivity index (χ0v) is 11.9. The van der Waals surface area contributed by atoms with Gasteiger partial charge in [-0.15, -0.1) is 0 Å². The molecule has 0 atom stereocenters. The number of benzene rings is 1. The van der Waals surface area contributed by atoms with E-state index in [0.29, 0.717) is 18.0 Å². The van der Waals surface area contributed by atoms with Crippen molar-refractivity contribution in [1.82, 2.24) is 5.32 Å². The highest BCUT2D eigenvalue weighted by Gasteiger charge is 2.10. The van der Waals surface area contributed by atoms with Crippen LogP contribution in [0.4, 0.5) is 0 Å². The SMILES string of the molecule is CCOCCCNCc1cc(OC)c(O)c(OC)c1. The van der Waals surface area contributed by atoms with Crippen molar-refractivity contribution in [3.63, 3.8) is 0 Å². The summed E-state index contributed by atoms with van der Waals surface area (Å²) in [7, 11) is 3.04. The van der Waals surface area contributed by atoms with Crippen molar-refractivity contribution in [2.75, 3.05) is 34.0 Å². The van der Waals surface area contributed by atoms with Crippen molar-refractivity contribution in [2.24, 2.45) is 0 Å². The van der Waals surface area contributed by atoms with Crippen LogP contribution >= 0.6 is 0 Å². The van der Waals surface area contributed by atoms with E-state index in [4.69, 9.17) is 14.2 Å². The van der Waals surface area contributed by atoms with E-state index in [0.717, 1.165) is 31.7 Å². The number of hydrogen-bond donors (Lipinski definition) is 2. The van der Waals surface area contributed by atoms with Gasteiger partial charge in [-0.1, -0.05) is 0 Å². The number of ether oxygens (including phenoxy) is 3. The Labute approximate surface area is 114 Å². The molecule has 0 unspecified atom stereocenters.